The predicted molar refractivity (Wildman–Crippen MR) is 86.6 cm³/mol. The van der Waals surface area contributed by atoms with Crippen LogP contribution >= 0.6 is 11.6 Å². The van der Waals surface area contributed by atoms with Crippen molar-refractivity contribution in [3.05, 3.63) is 17.3 Å². The van der Waals surface area contributed by atoms with Gasteiger partial charge in [0.15, 0.2) is 5.58 Å². The molecule has 1 fully saturated rings. The summed E-state index contributed by atoms with van der Waals surface area (Å²) < 4.78 is 10.9. The Morgan fingerprint density at radius 2 is 2.17 bits per heavy atom. The average Bonchev–Trinajstić information content (AvgIpc) is 2.76. The first-order chi connectivity index (χ1) is 10.8. The SMILES string of the molecule is CC(C)(C)OC(=O)N1CC(CNc2nc3nc(Cl)ccc3o2)C1. The third-order valence-corrected chi connectivity index (χ3v) is 3.58. The molecule has 2 aromatic heterocycles. The number of halogens is 1. The second-order valence-electron chi connectivity index (χ2n) is 6.61. The topological polar surface area (TPSA) is 80.5 Å². The number of likely N-dealkylation sites (tertiary alicyclic amines) is 1. The van der Waals surface area contributed by atoms with Crippen LogP contribution in [0.25, 0.3) is 11.2 Å². The maximum Gasteiger partial charge on any atom is 0.410 e. The molecule has 1 aliphatic rings. The van der Waals surface area contributed by atoms with Crippen molar-refractivity contribution in [3.63, 3.8) is 0 Å². The lowest BCUT2D eigenvalue weighted by Gasteiger charge is -2.39. The van der Waals surface area contributed by atoms with Gasteiger partial charge in [-0.3, -0.25) is 0 Å². The van der Waals surface area contributed by atoms with Crippen LogP contribution in [0.3, 0.4) is 0 Å². The number of pyridine rings is 1. The highest BCUT2D eigenvalue weighted by molar-refractivity contribution is 6.29. The number of hydrogen-bond donors (Lipinski definition) is 1. The predicted octanol–water partition coefficient (Wildman–Crippen LogP) is 3.16. The Labute approximate surface area is 139 Å². The third-order valence-electron chi connectivity index (χ3n) is 3.37. The van der Waals surface area contributed by atoms with Crippen LogP contribution in [0, 0.1) is 5.92 Å². The summed E-state index contributed by atoms with van der Waals surface area (Å²) in [6, 6.07) is 3.80. The molecule has 3 heterocycles. The number of hydrogen-bond acceptors (Lipinski definition) is 6. The van der Waals surface area contributed by atoms with E-state index in [2.05, 4.69) is 15.3 Å². The van der Waals surface area contributed by atoms with Gasteiger partial charge in [0.2, 0.25) is 5.65 Å². The third kappa shape index (κ3) is 3.85. The first-order valence-electron chi connectivity index (χ1n) is 7.45. The van der Waals surface area contributed by atoms with Gasteiger partial charge in [-0.25, -0.2) is 9.78 Å². The number of anilines is 1. The molecule has 3 rings (SSSR count). The maximum absolute atomic E-state index is 11.8. The molecule has 1 saturated heterocycles. The number of fused-ring (bicyclic) bond motifs is 1. The minimum absolute atomic E-state index is 0.269. The first-order valence-corrected chi connectivity index (χ1v) is 7.83. The Morgan fingerprint density at radius 1 is 1.43 bits per heavy atom. The minimum Gasteiger partial charge on any atom is -0.444 e. The lowest BCUT2D eigenvalue weighted by Crippen LogP contribution is -2.53. The molecule has 124 valence electrons. The molecule has 0 spiro atoms. The highest BCUT2D eigenvalue weighted by Gasteiger charge is 2.33. The van der Waals surface area contributed by atoms with E-state index < -0.39 is 5.60 Å². The Balaban J connectivity index is 1.48. The van der Waals surface area contributed by atoms with Crippen molar-refractivity contribution < 1.29 is 13.9 Å². The van der Waals surface area contributed by atoms with Gasteiger partial charge in [0.05, 0.1) is 0 Å². The molecule has 1 aliphatic heterocycles. The van der Waals surface area contributed by atoms with E-state index in [1.807, 2.05) is 20.8 Å². The van der Waals surface area contributed by atoms with Crippen molar-refractivity contribution in [2.75, 3.05) is 25.0 Å². The van der Waals surface area contributed by atoms with E-state index >= 15 is 0 Å². The first kappa shape index (κ1) is 15.9. The Morgan fingerprint density at radius 3 is 2.87 bits per heavy atom. The van der Waals surface area contributed by atoms with E-state index in [0.29, 0.717) is 48.0 Å². The van der Waals surface area contributed by atoms with Crippen LogP contribution < -0.4 is 5.32 Å². The molecule has 0 radical (unpaired) electrons. The number of oxazole rings is 1. The number of nitrogens with one attached hydrogen (secondary N) is 1. The normalized spacial score (nSPS) is 15.6. The summed E-state index contributed by atoms with van der Waals surface area (Å²) >= 11 is 5.82. The lowest BCUT2D eigenvalue weighted by atomic mass is 10.0. The zero-order chi connectivity index (χ0) is 16.6. The molecule has 8 heteroatoms. The van der Waals surface area contributed by atoms with E-state index in [9.17, 15) is 4.79 Å². The second kappa shape index (κ2) is 5.88. The summed E-state index contributed by atoms with van der Waals surface area (Å²) in [5, 5.41) is 3.50. The van der Waals surface area contributed by atoms with Crippen molar-refractivity contribution in [1.82, 2.24) is 14.9 Å². The summed E-state index contributed by atoms with van der Waals surface area (Å²) in [5.74, 6) is 0.342. The Hall–Kier alpha value is -2.02. The highest BCUT2D eigenvalue weighted by Crippen LogP contribution is 2.22. The van der Waals surface area contributed by atoms with Gasteiger partial charge in [-0.2, -0.15) is 4.98 Å². The van der Waals surface area contributed by atoms with Gasteiger partial charge in [-0.15, -0.1) is 0 Å². The van der Waals surface area contributed by atoms with Crippen LogP contribution in [0.4, 0.5) is 10.8 Å². The fourth-order valence-electron chi connectivity index (χ4n) is 2.28. The molecule has 7 nitrogen and oxygen atoms in total. The Kier molecular flexibility index (Phi) is 4.06. The fraction of sp³-hybridized carbons (Fsp3) is 0.533. The quantitative estimate of drug-likeness (QED) is 0.866. The smallest absolute Gasteiger partial charge is 0.410 e. The standard InChI is InChI=1S/C15H19ClN4O3/c1-15(2,3)23-14(21)20-7-9(8-20)6-17-13-19-12-10(22-13)4-5-11(16)18-12/h4-5,9H,6-8H2,1-3H3,(H,17,18,19). The molecular formula is C15H19ClN4O3. The number of amides is 1. The number of ether oxygens (including phenoxy) is 1. The molecule has 1 N–H and O–H groups in total. The molecule has 0 atom stereocenters. The maximum atomic E-state index is 11.8. The van der Waals surface area contributed by atoms with Crippen LogP contribution in [0.2, 0.25) is 5.15 Å². The van der Waals surface area contributed by atoms with Crippen molar-refractivity contribution >= 4 is 34.9 Å². The largest absolute Gasteiger partial charge is 0.444 e. The van der Waals surface area contributed by atoms with Crippen LogP contribution in [0.15, 0.2) is 16.5 Å². The van der Waals surface area contributed by atoms with E-state index in [4.69, 9.17) is 20.8 Å². The molecule has 23 heavy (non-hydrogen) atoms. The minimum atomic E-state index is -0.465. The van der Waals surface area contributed by atoms with Crippen LogP contribution in [0.5, 0.6) is 0 Å². The van der Waals surface area contributed by atoms with Crippen LogP contribution in [-0.4, -0.2) is 46.2 Å². The lowest BCUT2D eigenvalue weighted by molar-refractivity contribution is 0.000808. The molecule has 2 aromatic rings. The molecule has 1 amide bonds. The van der Waals surface area contributed by atoms with Crippen molar-refractivity contribution in [2.24, 2.45) is 5.92 Å². The summed E-state index contributed by atoms with van der Waals surface area (Å²) in [5.41, 5.74) is 0.595. The van der Waals surface area contributed by atoms with Crippen LogP contribution in [0.1, 0.15) is 20.8 Å². The van der Waals surface area contributed by atoms with Gasteiger partial charge in [-0.1, -0.05) is 11.6 Å². The molecule has 0 aliphatic carbocycles. The molecule has 0 saturated carbocycles. The van der Waals surface area contributed by atoms with Gasteiger partial charge >= 0.3 is 6.09 Å². The number of aromatic nitrogens is 2. The molecular weight excluding hydrogens is 320 g/mol. The van der Waals surface area contributed by atoms with Crippen LogP contribution in [-0.2, 0) is 4.74 Å². The second-order valence-corrected chi connectivity index (χ2v) is 6.99. The van der Waals surface area contributed by atoms with Gasteiger partial charge < -0.3 is 19.4 Å². The van der Waals surface area contributed by atoms with E-state index in [1.54, 1.807) is 17.0 Å². The molecule has 0 bridgehead atoms. The summed E-state index contributed by atoms with van der Waals surface area (Å²) in [6.45, 7) is 7.56. The van der Waals surface area contributed by atoms with Gasteiger partial charge in [0.25, 0.3) is 6.01 Å². The molecule has 0 unspecified atom stereocenters. The van der Waals surface area contributed by atoms with Gasteiger partial charge in [0, 0.05) is 25.6 Å². The molecule has 0 aromatic carbocycles. The van der Waals surface area contributed by atoms with E-state index in [-0.39, 0.29) is 6.09 Å². The monoisotopic (exact) mass is 338 g/mol. The van der Waals surface area contributed by atoms with Crippen molar-refractivity contribution in [3.8, 4) is 0 Å². The van der Waals surface area contributed by atoms with Crippen molar-refractivity contribution in [1.29, 1.82) is 0 Å². The number of carbonyl (C=O) groups excluding carboxylic acids is 1. The number of nitrogens with zero attached hydrogens (tertiary/aromatic N) is 3. The number of rotatable bonds is 3. The summed E-state index contributed by atoms with van der Waals surface area (Å²) in [4.78, 5) is 21.8. The van der Waals surface area contributed by atoms with Gasteiger partial charge in [-0.05, 0) is 32.9 Å². The zero-order valence-corrected chi connectivity index (χ0v) is 14.1. The Bertz CT molecular complexity index is 719. The van der Waals surface area contributed by atoms with E-state index in [1.165, 1.54) is 0 Å². The number of carbonyl (C=O) groups is 1. The highest BCUT2D eigenvalue weighted by atomic mass is 35.5. The zero-order valence-electron chi connectivity index (χ0n) is 13.3. The van der Waals surface area contributed by atoms with Crippen molar-refractivity contribution in [2.45, 2.75) is 26.4 Å². The van der Waals surface area contributed by atoms with E-state index in [0.717, 1.165) is 0 Å². The fourth-order valence-corrected chi connectivity index (χ4v) is 2.42. The summed E-state index contributed by atoms with van der Waals surface area (Å²) in [7, 11) is 0. The average molecular weight is 339 g/mol. The van der Waals surface area contributed by atoms with Gasteiger partial charge in [0.1, 0.15) is 10.8 Å². The summed E-state index contributed by atoms with van der Waals surface area (Å²) in [6.07, 6.45) is -0.269.